The van der Waals surface area contributed by atoms with E-state index in [1.165, 1.54) is 11.1 Å². The number of rotatable bonds is 4. The summed E-state index contributed by atoms with van der Waals surface area (Å²) < 4.78 is 0. The topological polar surface area (TPSA) is 26.0 Å². The zero-order chi connectivity index (χ0) is 13.8. The van der Waals surface area contributed by atoms with Crippen LogP contribution in [0.2, 0.25) is 10.0 Å². The smallest absolute Gasteiger partial charge is 0.0408 e. The molecule has 0 spiro atoms. The van der Waals surface area contributed by atoms with Gasteiger partial charge in [-0.25, -0.2) is 0 Å². The van der Waals surface area contributed by atoms with Crippen LogP contribution in [0, 0.1) is 5.92 Å². The van der Waals surface area contributed by atoms with E-state index >= 15 is 0 Å². The van der Waals surface area contributed by atoms with Crippen molar-refractivity contribution >= 4 is 23.2 Å². The normalized spacial score (nSPS) is 12.7. The van der Waals surface area contributed by atoms with Crippen molar-refractivity contribution in [1.29, 1.82) is 0 Å². The van der Waals surface area contributed by atoms with E-state index < -0.39 is 0 Å². The van der Waals surface area contributed by atoms with Gasteiger partial charge in [0, 0.05) is 16.0 Å². The second-order valence-corrected chi connectivity index (χ2v) is 5.67. The van der Waals surface area contributed by atoms with E-state index in [0.717, 1.165) is 10.0 Å². The first kappa shape index (κ1) is 14.4. The quantitative estimate of drug-likeness (QED) is 0.867. The number of hydrogen-bond acceptors (Lipinski definition) is 1. The molecule has 0 heterocycles. The average Bonchev–Trinajstić information content (AvgIpc) is 2.39. The molecule has 0 aliphatic rings. The Labute approximate surface area is 124 Å². The van der Waals surface area contributed by atoms with Crippen molar-refractivity contribution in [3.8, 4) is 0 Å². The van der Waals surface area contributed by atoms with Gasteiger partial charge in [-0.1, -0.05) is 54.4 Å². The fourth-order valence-electron chi connectivity index (χ4n) is 2.39. The third kappa shape index (κ3) is 3.50. The van der Waals surface area contributed by atoms with Crippen molar-refractivity contribution in [2.24, 2.45) is 11.7 Å². The fourth-order valence-corrected chi connectivity index (χ4v) is 2.78. The van der Waals surface area contributed by atoms with Crippen LogP contribution in [0.4, 0.5) is 0 Å². The summed E-state index contributed by atoms with van der Waals surface area (Å²) in [5.41, 5.74) is 8.21. The predicted octanol–water partition coefficient (Wildman–Crippen LogP) is 4.72. The molecule has 0 bridgehead atoms. The zero-order valence-electron chi connectivity index (χ0n) is 10.8. The fraction of sp³-hybridized carbons (Fsp3) is 0.250. The first-order valence-corrected chi connectivity index (χ1v) is 7.08. The summed E-state index contributed by atoms with van der Waals surface area (Å²) in [6.45, 7) is 2.76. The Kier molecular flexibility index (Phi) is 4.87. The molecule has 0 saturated heterocycles. The Morgan fingerprint density at radius 3 is 1.79 bits per heavy atom. The minimum absolute atomic E-state index is 0.211. The third-order valence-electron chi connectivity index (χ3n) is 3.36. The van der Waals surface area contributed by atoms with Gasteiger partial charge in [0.25, 0.3) is 0 Å². The third-order valence-corrected chi connectivity index (χ3v) is 3.83. The molecule has 3 heteroatoms. The van der Waals surface area contributed by atoms with E-state index in [1.807, 2.05) is 36.4 Å². The maximum atomic E-state index is 6.10. The van der Waals surface area contributed by atoms with Gasteiger partial charge in [-0.3, -0.25) is 0 Å². The van der Waals surface area contributed by atoms with Gasteiger partial charge in [0.05, 0.1) is 0 Å². The van der Waals surface area contributed by atoms with Crippen molar-refractivity contribution in [2.75, 3.05) is 6.54 Å². The van der Waals surface area contributed by atoms with Gasteiger partial charge in [0.2, 0.25) is 0 Å². The molecule has 19 heavy (non-hydrogen) atoms. The Morgan fingerprint density at radius 2 is 1.42 bits per heavy atom. The highest BCUT2D eigenvalue weighted by molar-refractivity contribution is 6.31. The molecule has 2 rings (SSSR count). The van der Waals surface area contributed by atoms with Crippen molar-refractivity contribution in [3.63, 3.8) is 0 Å². The maximum Gasteiger partial charge on any atom is 0.0408 e. The first-order valence-electron chi connectivity index (χ1n) is 6.33. The molecule has 0 unspecified atom stereocenters. The highest BCUT2D eigenvalue weighted by Crippen LogP contribution is 2.33. The van der Waals surface area contributed by atoms with E-state index in [1.54, 1.807) is 0 Å². The summed E-state index contributed by atoms with van der Waals surface area (Å²) >= 11 is 12.2. The minimum atomic E-state index is 0.211. The van der Waals surface area contributed by atoms with E-state index in [0.29, 0.717) is 12.5 Å². The second-order valence-electron chi connectivity index (χ2n) is 4.80. The Morgan fingerprint density at radius 1 is 0.947 bits per heavy atom. The van der Waals surface area contributed by atoms with Gasteiger partial charge in [-0.15, -0.1) is 0 Å². The molecule has 0 radical (unpaired) electrons. The summed E-state index contributed by atoms with van der Waals surface area (Å²) in [7, 11) is 0. The van der Waals surface area contributed by atoms with Crippen LogP contribution >= 0.6 is 23.2 Å². The van der Waals surface area contributed by atoms with Crippen LogP contribution in [0.25, 0.3) is 0 Å². The average molecular weight is 294 g/mol. The lowest BCUT2D eigenvalue weighted by Crippen LogP contribution is -2.20. The van der Waals surface area contributed by atoms with Gasteiger partial charge in [0.1, 0.15) is 0 Å². The Bertz CT molecular complexity index is 508. The van der Waals surface area contributed by atoms with Crippen molar-refractivity contribution in [1.82, 2.24) is 0 Å². The monoisotopic (exact) mass is 293 g/mol. The molecule has 1 atom stereocenters. The summed E-state index contributed by atoms with van der Waals surface area (Å²) in [6, 6.07) is 15.9. The van der Waals surface area contributed by atoms with Crippen LogP contribution in [-0.2, 0) is 0 Å². The molecule has 0 aliphatic heterocycles. The molecule has 100 valence electrons. The second kappa shape index (κ2) is 6.42. The standard InChI is InChI=1S/C16H17Cl2N/c1-11(10-19)16(12-4-2-6-14(17)8-12)13-5-3-7-15(18)9-13/h2-9,11,16H,10,19H2,1H3/t11-/m0/s1. The van der Waals surface area contributed by atoms with Crippen molar-refractivity contribution in [3.05, 3.63) is 69.7 Å². The summed E-state index contributed by atoms with van der Waals surface area (Å²) in [5, 5.41) is 1.49. The van der Waals surface area contributed by atoms with Gasteiger partial charge in [0.15, 0.2) is 0 Å². The summed E-state index contributed by atoms with van der Waals surface area (Å²) in [5.74, 6) is 0.527. The number of halogens is 2. The summed E-state index contributed by atoms with van der Waals surface area (Å²) in [4.78, 5) is 0. The highest BCUT2D eigenvalue weighted by atomic mass is 35.5. The SMILES string of the molecule is C[C@@H](CN)C(c1cccc(Cl)c1)c1cccc(Cl)c1. The Hall–Kier alpha value is -1.02. The highest BCUT2D eigenvalue weighted by Gasteiger charge is 2.20. The van der Waals surface area contributed by atoms with E-state index in [9.17, 15) is 0 Å². The van der Waals surface area contributed by atoms with Crippen LogP contribution in [-0.4, -0.2) is 6.54 Å². The minimum Gasteiger partial charge on any atom is -0.330 e. The Balaban J connectivity index is 2.47. The lowest BCUT2D eigenvalue weighted by atomic mass is 9.82. The van der Waals surface area contributed by atoms with Gasteiger partial charge in [-0.05, 0) is 47.9 Å². The lowest BCUT2D eigenvalue weighted by Gasteiger charge is -2.24. The predicted molar refractivity (Wildman–Crippen MR) is 83.0 cm³/mol. The van der Waals surface area contributed by atoms with Crippen molar-refractivity contribution in [2.45, 2.75) is 12.8 Å². The molecule has 0 amide bonds. The molecule has 0 aliphatic carbocycles. The lowest BCUT2D eigenvalue weighted by molar-refractivity contribution is 0.524. The van der Waals surface area contributed by atoms with E-state index in [4.69, 9.17) is 28.9 Å². The van der Waals surface area contributed by atoms with Crippen LogP contribution in [0.15, 0.2) is 48.5 Å². The number of nitrogens with two attached hydrogens (primary N) is 1. The molecule has 0 aromatic heterocycles. The van der Waals surface area contributed by atoms with Crippen LogP contribution < -0.4 is 5.73 Å². The molecule has 0 saturated carbocycles. The summed E-state index contributed by atoms with van der Waals surface area (Å²) in [6.07, 6.45) is 0. The van der Waals surface area contributed by atoms with Gasteiger partial charge in [-0.2, -0.15) is 0 Å². The molecule has 2 aromatic carbocycles. The number of benzene rings is 2. The molecule has 0 fully saturated rings. The first-order chi connectivity index (χ1) is 9.11. The van der Waals surface area contributed by atoms with E-state index in [2.05, 4.69) is 19.1 Å². The molecule has 1 nitrogen and oxygen atoms in total. The zero-order valence-corrected chi connectivity index (χ0v) is 12.3. The maximum absolute atomic E-state index is 6.10. The van der Waals surface area contributed by atoms with Crippen molar-refractivity contribution < 1.29 is 0 Å². The largest absolute Gasteiger partial charge is 0.330 e. The molecular weight excluding hydrogens is 277 g/mol. The van der Waals surface area contributed by atoms with Crippen LogP contribution in [0.1, 0.15) is 24.0 Å². The number of hydrogen-bond donors (Lipinski definition) is 1. The van der Waals surface area contributed by atoms with Crippen LogP contribution in [0.3, 0.4) is 0 Å². The van der Waals surface area contributed by atoms with Gasteiger partial charge < -0.3 is 5.73 Å². The van der Waals surface area contributed by atoms with Gasteiger partial charge >= 0.3 is 0 Å². The molecular formula is C16H17Cl2N. The molecule has 2 aromatic rings. The molecule has 2 N–H and O–H groups in total. The van der Waals surface area contributed by atoms with Crippen LogP contribution in [0.5, 0.6) is 0 Å². The van der Waals surface area contributed by atoms with E-state index in [-0.39, 0.29) is 5.92 Å².